The van der Waals surface area contributed by atoms with Gasteiger partial charge in [-0.05, 0) is 38.5 Å². The summed E-state index contributed by atoms with van der Waals surface area (Å²) in [5.74, 6) is 0.288. The maximum atomic E-state index is 12.4. The van der Waals surface area contributed by atoms with Crippen molar-refractivity contribution < 1.29 is 14.6 Å². The number of carbonyl (C=O) groups is 1. The van der Waals surface area contributed by atoms with Crippen LogP contribution in [0.1, 0.15) is 64.0 Å². The van der Waals surface area contributed by atoms with Crippen LogP contribution in [0.15, 0.2) is 6.20 Å². The zero-order chi connectivity index (χ0) is 18.4. The predicted molar refractivity (Wildman–Crippen MR) is 97.5 cm³/mol. The van der Waals surface area contributed by atoms with Gasteiger partial charge in [0.25, 0.3) is 0 Å². The number of rotatable bonds is 8. The molecule has 1 aromatic heterocycles. The lowest BCUT2D eigenvalue weighted by molar-refractivity contribution is -0.132. The summed E-state index contributed by atoms with van der Waals surface area (Å²) in [6.45, 7) is 2.83. The van der Waals surface area contributed by atoms with Crippen molar-refractivity contribution in [2.45, 2.75) is 89.5 Å². The third-order valence-electron chi connectivity index (χ3n) is 5.62. The van der Waals surface area contributed by atoms with Crippen molar-refractivity contribution in [1.29, 1.82) is 0 Å². The molecule has 1 saturated heterocycles. The Bertz CT molecular complexity index is 571. The van der Waals surface area contributed by atoms with E-state index < -0.39 is 0 Å². The number of nitrogens with zero attached hydrogens (tertiary/aromatic N) is 3. The highest BCUT2D eigenvalue weighted by Crippen LogP contribution is 2.27. The standard InChI is InChI=1S/C19H32N4O3/c1-2-5-15-12-23(22-21-15)11-10-16-8-9-17(18(13-24)26-16)20-19(25)14-6-3-4-7-14/h12,14,16-18,24H,2-11,13H2,1H3,(H,20,25)/t16-,17-,18-/m0/s1. The largest absolute Gasteiger partial charge is 0.394 e. The first-order chi connectivity index (χ1) is 12.7. The van der Waals surface area contributed by atoms with Crippen molar-refractivity contribution in [3.8, 4) is 0 Å². The van der Waals surface area contributed by atoms with Gasteiger partial charge in [-0.15, -0.1) is 5.10 Å². The maximum absolute atomic E-state index is 12.4. The second kappa shape index (κ2) is 9.46. The molecule has 26 heavy (non-hydrogen) atoms. The van der Waals surface area contributed by atoms with Gasteiger partial charge in [-0.1, -0.05) is 31.4 Å². The van der Waals surface area contributed by atoms with E-state index in [2.05, 4.69) is 22.6 Å². The van der Waals surface area contributed by atoms with Crippen LogP contribution in [0.25, 0.3) is 0 Å². The molecule has 0 unspecified atom stereocenters. The van der Waals surface area contributed by atoms with Gasteiger partial charge in [0, 0.05) is 18.7 Å². The van der Waals surface area contributed by atoms with E-state index in [1.54, 1.807) is 0 Å². The summed E-state index contributed by atoms with van der Waals surface area (Å²) >= 11 is 0. The number of amides is 1. The molecule has 2 aliphatic rings. The predicted octanol–water partition coefficient (Wildman–Crippen LogP) is 1.84. The van der Waals surface area contributed by atoms with Crippen molar-refractivity contribution in [1.82, 2.24) is 20.3 Å². The van der Waals surface area contributed by atoms with E-state index in [1.807, 2.05) is 10.9 Å². The fraction of sp³-hybridized carbons (Fsp3) is 0.842. The monoisotopic (exact) mass is 364 g/mol. The first-order valence-corrected chi connectivity index (χ1v) is 10.1. The van der Waals surface area contributed by atoms with E-state index in [1.165, 1.54) is 0 Å². The topological polar surface area (TPSA) is 89.3 Å². The van der Waals surface area contributed by atoms with Crippen LogP contribution in [0.2, 0.25) is 0 Å². The van der Waals surface area contributed by atoms with Gasteiger partial charge in [-0.3, -0.25) is 9.48 Å². The van der Waals surface area contributed by atoms with Crippen LogP contribution in [0, 0.1) is 5.92 Å². The average molecular weight is 364 g/mol. The van der Waals surface area contributed by atoms with E-state index >= 15 is 0 Å². The molecule has 1 aromatic rings. The number of carbonyl (C=O) groups excluding carboxylic acids is 1. The highest BCUT2D eigenvalue weighted by Gasteiger charge is 2.33. The Balaban J connectivity index is 1.45. The third kappa shape index (κ3) is 5.04. The molecule has 146 valence electrons. The van der Waals surface area contributed by atoms with Crippen molar-refractivity contribution in [2.24, 2.45) is 5.92 Å². The lowest BCUT2D eigenvalue weighted by atomic mass is 9.96. The van der Waals surface area contributed by atoms with Gasteiger partial charge in [0.05, 0.1) is 24.4 Å². The number of nitrogens with one attached hydrogen (secondary N) is 1. The number of ether oxygens (including phenoxy) is 1. The van der Waals surface area contributed by atoms with Gasteiger partial charge in [0.2, 0.25) is 5.91 Å². The molecule has 0 radical (unpaired) electrons. The molecular formula is C19H32N4O3. The van der Waals surface area contributed by atoms with Gasteiger partial charge >= 0.3 is 0 Å². The summed E-state index contributed by atoms with van der Waals surface area (Å²) < 4.78 is 7.93. The van der Waals surface area contributed by atoms with Crippen LogP contribution < -0.4 is 5.32 Å². The van der Waals surface area contributed by atoms with Gasteiger partial charge in [0.15, 0.2) is 0 Å². The molecule has 1 saturated carbocycles. The first kappa shape index (κ1) is 19.3. The molecule has 2 N–H and O–H groups in total. The second-order valence-electron chi connectivity index (χ2n) is 7.66. The summed E-state index contributed by atoms with van der Waals surface area (Å²) in [7, 11) is 0. The van der Waals surface area contributed by atoms with Crippen LogP contribution in [0.5, 0.6) is 0 Å². The van der Waals surface area contributed by atoms with Gasteiger partial charge < -0.3 is 15.2 Å². The lowest BCUT2D eigenvalue weighted by Crippen LogP contribution is -2.52. The second-order valence-corrected chi connectivity index (χ2v) is 7.66. The van der Waals surface area contributed by atoms with E-state index in [-0.39, 0.29) is 36.7 Å². The Morgan fingerprint density at radius 2 is 2.15 bits per heavy atom. The van der Waals surface area contributed by atoms with Crippen LogP contribution in [-0.4, -0.2) is 50.9 Å². The molecule has 1 aliphatic carbocycles. The molecule has 0 aromatic carbocycles. The average Bonchev–Trinajstić information content (AvgIpc) is 3.33. The smallest absolute Gasteiger partial charge is 0.223 e. The Hall–Kier alpha value is -1.47. The number of aliphatic hydroxyl groups is 1. The maximum Gasteiger partial charge on any atom is 0.223 e. The summed E-state index contributed by atoms with van der Waals surface area (Å²) in [6, 6.07) is -0.0770. The number of aliphatic hydroxyl groups excluding tert-OH is 1. The van der Waals surface area contributed by atoms with Crippen LogP contribution in [0.3, 0.4) is 0 Å². The summed E-state index contributed by atoms with van der Waals surface area (Å²) in [4.78, 5) is 12.4. The normalized spacial score (nSPS) is 26.9. The number of aryl methyl sites for hydroxylation is 2. The highest BCUT2D eigenvalue weighted by molar-refractivity contribution is 5.79. The minimum Gasteiger partial charge on any atom is -0.394 e. The van der Waals surface area contributed by atoms with Crippen LogP contribution >= 0.6 is 0 Å². The van der Waals surface area contributed by atoms with E-state index in [0.717, 1.165) is 70.0 Å². The Labute approximate surface area is 155 Å². The highest BCUT2D eigenvalue weighted by atomic mass is 16.5. The molecule has 1 aliphatic heterocycles. The van der Waals surface area contributed by atoms with Crippen molar-refractivity contribution >= 4 is 5.91 Å². The molecule has 0 bridgehead atoms. The molecule has 7 heteroatoms. The molecule has 7 nitrogen and oxygen atoms in total. The van der Waals surface area contributed by atoms with Gasteiger partial charge in [-0.2, -0.15) is 0 Å². The fourth-order valence-electron chi connectivity index (χ4n) is 4.09. The van der Waals surface area contributed by atoms with Crippen LogP contribution in [-0.2, 0) is 22.5 Å². The summed E-state index contributed by atoms with van der Waals surface area (Å²) in [6.07, 6.45) is 10.7. The van der Waals surface area contributed by atoms with Crippen molar-refractivity contribution in [2.75, 3.05) is 6.61 Å². The van der Waals surface area contributed by atoms with E-state index in [0.29, 0.717) is 0 Å². The Morgan fingerprint density at radius 3 is 2.88 bits per heavy atom. The third-order valence-corrected chi connectivity index (χ3v) is 5.62. The zero-order valence-electron chi connectivity index (χ0n) is 15.8. The minimum atomic E-state index is -0.314. The first-order valence-electron chi connectivity index (χ1n) is 10.1. The van der Waals surface area contributed by atoms with Crippen LogP contribution in [0.4, 0.5) is 0 Å². The molecule has 3 rings (SSSR count). The molecule has 0 spiro atoms. The number of aromatic nitrogens is 3. The Morgan fingerprint density at radius 1 is 1.35 bits per heavy atom. The zero-order valence-corrected chi connectivity index (χ0v) is 15.8. The molecule has 3 atom stereocenters. The number of hydrogen-bond acceptors (Lipinski definition) is 5. The lowest BCUT2D eigenvalue weighted by Gasteiger charge is -2.36. The minimum absolute atomic E-state index is 0.0594. The quantitative estimate of drug-likeness (QED) is 0.735. The summed E-state index contributed by atoms with van der Waals surface area (Å²) in [5.41, 5.74) is 1.03. The van der Waals surface area contributed by atoms with E-state index in [9.17, 15) is 9.90 Å². The van der Waals surface area contributed by atoms with Crippen molar-refractivity contribution in [3.05, 3.63) is 11.9 Å². The van der Waals surface area contributed by atoms with E-state index in [4.69, 9.17) is 4.74 Å². The number of hydrogen-bond donors (Lipinski definition) is 2. The Kier molecular flexibility index (Phi) is 7.02. The fourth-order valence-corrected chi connectivity index (χ4v) is 4.09. The molecular weight excluding hydrogens is 332 g/mol. The molecule has 2 heterocycles. The molecule has 1 amide bonds. The van der Waals surface area contributed by atoms with Crippen molar-refractivity contribution in [3.63, 3.8) is 0 Å². The molecule has 2 fully saturated rings. The SMILES string of the molecule is CCCc1cn(CC[C@@H]2CC[C@H](NC(=O)C3CCCC3)[C@H](CO)O2)nn1. The van der Waals surface area contributed by atoms with Gasteiger partial charge in [0.1, 0.15) is 6.10 Å². The van der Waals surface area contributed by atoms with Gasteiger partial charge in [-0.25, -0.2) is 0 Å². The summed E-state index contributed by atoms with van der Waals surface area (Å²) in [5, 5.41) is 21.2.